The van der Waals surface area contributed by atoms with E-state index in [-0.39, 0.29) is 11.8 Å². The summed E-state index contributed by atoms with van der Waals surface area (Å²) in [4.78, 5) is 24.3. The van der Waals surface area contributed by atoms with Crippen molar-refractivity contribution in [3.05, 3.63) is 83.2 Å². The van der Waals surface area contributed by atoms with Gasteiger partial charge in [-0.3, -0.25) is 20.4 Å². The van der Waals surface area contributed by atoms with Gasteiger partial charge < -0.3 is 0 Å². The van der Waals surface area contributed by atoms with Crippen LogP contribution in [-0.4, -0.2) is 21.6 Å². The van der Waals surface area contributed by atoms with E-state index in [1.807, 2.05) is 32.0 Å². The van der Waals surface area contributed by atoms with E-state index in [1.54, 1.807) is 47.3 Å². The van der Waals surface area contributed by atoms with Gasteiger partial charge >= 0.3 is 0 Å². The van der Waals surface area contributed by atoms with Crippen molar-refractivity contribution >= 4 is 11.8 Å². The number of aromatic nitrogens is 2. The van der Waals surface area contributed by atoms with Gasteiger partial charge in [-0.05, 0) is 55.8 Å². The number of carbonyl (C=O) groups excluding carboxylic acids is 2. The predicted octanol–water partition coefficient (Wildman–Crippen LogP) is 2.56. The second kappa shape index (κ2) is 7.00. The Morgan fingerprint density at radius 1 is 0.880 bits per heavy atom. The normalized spacial score (nSPS) is 10.3. The van der Waals surface area contributed by atoms with Crippen LogP contribution in [0.4, 0.5) is 0 Å². The van der Waals surface area contributed by atoms with Gasteiger partial charge in [0.15, 0.2) is 0 Å². The number of nitrogens with one attached hydrogen (secondary N) is 2. The lowest BCUT2D eigenvalue weighted by atomic mass is 10.1. The molecule has 3 rings (SSSR count). The van der Waals surface area contributed by atoms with E-state index in [4.69, 9.17) is 0 Å². The van der Waals surface area contributed by atoms with E-state index < -0.39 is 0 Å². The summed E-state index contributed by atoms with van der Waals surface area (Å²) in [7, 11) is 0. The second-order valence-corrected chi connectivity index (χ2v) is 5.65. The summed E-state index contributed by atoms with van der Waals surface area (Å²) in [5, 5.41) is 4.22. The molecule has 0 atom stereocenters. The van der Waals surface area contributed by atoms with Crippen molar-refractivity contribution < 1.29 is 9.59 Å². The van der Waals surface area contributed by atoms with Crippen LogP contribution < -0.4 is 10.9 Å². The summed E-state index contributed by atoms with van der Waals surface area (Å²) >= 11 is 0. The number of hydrazine groups is 1. The van der Waals surface area contributed by atoms with Crippen LogP contribution in [0.25, 0.3) is 5.69 Å². The number of amides is 2. The Kier molecular flexibility index (Phi) is 4.61. The fourth-order valence-electron chi connectivity index (χ4n) is 2.47. The highest BCUT2D eigenvalue weighted by Crippen LogP contribution is 2.11. The SMILES string of the molecule is Cc1ccccc1C(=O)NNC(=O)c1ccc(-n2nccc2C)cc1. The zero-order valence-electron chi connectivity index (χ0n) is 14.0. The smallest absolute Gasteiger partial charge is 0.267 e. The minimum Gasteiger partial charge on any atom is -0.267 e. The van der Waals surface area contributed by atoms with Crippen molar-refractivity contribution in [3.8, 4) is 5.69 Å². The molecule has 0 unspecified atom stereocenters. The van der Waals surface area contributed by atoms with Crippen LogP contribution in [0.1, 0.15) is 32.0 Å². The number of hydrogen-bond acceptors (Lipinski definition) is 3. The topological polar surface area (TPSA) is 76.0 Å². The molecule has 2 N–H and O–H groups in total. The molecule has 0 aliphatic heterocycles. The summed E-state index contributed by atoms with van der Waals surface area (Å²) in [6.07, 6.45) is 1.72. The average molecular weight is 334 g/mol. The van der Waals surface area contributed by atoms with Crippen LogP contribution in [0.5, 0.6) is 0 Å². The summed E-state index contributed by atoms with van der Waals surface area (Å²) < 4.78 is 1.78. The van der Waals surface area contributed by atoms with Gasteiger partial charge in [-0.15, -0.1) is 0 Å². The molecular formula is C19H18N4O2. The summed E-state index contributed by atoms with van der Waals surface area (Å²) in [6, 6.07) is 16.1. The molecule has 2 amide bonds. The molecule has 25 heavy (non-hydrogen) atoms. The molecule has 6 nitrogen and oxygen atoms in total. The van der Waals surface area contributed by atoms with Crippen molar-refractivity contribution in [1.82, 2.24) is 20.6 Å². The van der Waals surface area contributed by atoms with E-state index in [0.717, 1.165) is 16.9 Å². The standard InChI is InChI=1S/C19H18N4O2/c1-13-5-3-4-6-17(13)19(25)22-21-18(24)15-7-9-16(10-8-15)23-14(2)11-12-20-23/h3-12H,1-2H3,(H,21,24)(H,22,25). The maximum absolute atomic E-state index is 12.2. The first-order valence-corrected chi connectivity index (χ1v) is 7.83. The third-order valence-electron chi connectivity index (χ3n) is 3.89. The lowest BCUT2D eigenvalue weighted by Crippen LogP contribution is -2.41. The molecule has 0 radical (unpaired) electrons. The zero-order valence-corrected chi connectivity index (χ0v) is 14.0. The van der Waals surface area contributed by atoms with E-state index in [2.05, 4.69) is 16.0 Å². The van der Waals surface area contributed by atoms with Gasteiger partial charge in [-0.1, -0.05) is 18.2 Å². The molecule has 1 aromatic heterocycles. The lowest BCUT2D eigenvalue weighted by molar-refractivity contribution is 0.0846. The first-order valence-electron chi connectivity index (χ1n) is 7.83. The molecule has 2 aromatic carbocycles. The Labute approximate surface area is 145 Å². The van der Waals surface area contributed by atoms with Crippen molar-refractivity contribution in [3.63, 3.8) is 0 Å². The number of carbonyl (C=O) groups is 2. The summed E-state index contributed by atoms with van der Waals surface area (Å²) in [6.45, 7) is 3.79. The lowest BCUT2D eigenvalue weighted by Gasteiger charge is -2.10. The Morgan fingerprint density at radius 2 is 1.56 bits per heavy atom. The van der Waals surface area contributed by atoms with Crippen molar-refractivity contribution in [2.24, 2.45) is 0 Å². The molecule has 3 aromatic rings. The van der Waals surface area contributed by atoms with Crippen LogP contribution >= 0.6 is 0 Å². The van der Waals surface area contributed by atoms with Crippen LogP contribution in [0.3, 0.4) is 0 Å². The molecule has 126 valence electrons. The molecule has 0 saturated heterocycles. The number of nitrogens with zero attached hydrogens (tertiary/aromatic N) is 2. The minimum atomic E-state index is -0.384. The maximum atomic E-state index is 12.2. The summed E-state index contributed by atoms with van der Waals surface area (Å²) in [5.41, 5.74) is 8.53. The molecule has 1 heterocycles. The molecule has 0 aliphatic carbocycles. The number of hydrogen-bond donors (Lipinski definition) is 2. The fourth-order valence-corrected chi connectivity index (χ4v) is 2.47. The molecule has 0 saturated carbocycles. The molecule has 0 aliphatic rings. The third-order valence-corrected chi connectivity index (χ3v) is 3.89. The summed E-state index contributed by atoms with van der Waals surface area (Å²) in [5.74, 6) is -0.735. The van der Waals surface area contributed by atoms with Crippen LogP contribution in [0.2, 0.25) is 0 Å². The first-order chi connectivity index (χ1) is 12.1. The third kappa shape index (κ3) is 3.58. The Hall–Kier alpha value is -3.41. The monoisotopic (exact) mass is 334 g/mol. The van der Waals surface area contributed by atoms with Crippen LogP contribution in [0.15, 0.2) is 60.8 Å². The predicted molar refractivity (Wildman–Crippen MR) is 94.4 cm³/mol. The Balaban J connectivity index is 1.65. The van der Waals surface area contributed by atoms with Crippen LogP contribution in [-0.2, 0) is 0 Å². The molecule has 0 spiro atoms. The molecule has 0 fully saturated rings. The quantitative estimate of drug-likeness (QED) is 0.723. The first kappa shape index (κ1) is 16.4. The largest absolute Gasteiger partial charge is 0.269 e. The van der Waals surface area contributed by atoms with Crippen molar-refractivity contribution in [2.45, 2.75) is 13.8 Å². The average Bonchev–Trinajstić information content (AvgIpc) is 3.06. The Morgan fingerprint density at radius 3 is 2.20 bits per heavy atom. The van der Waals surface area contributed by atoms with Gasteiger partial charge in [0.05, 0.1) is 5.69 Å². The fraction of sp³-hybridized carbons (Fsp3) is 0.105. The second-order valence-electron chi connectivity index (χ2n) is 5.65. The van der Waals surface area contributed by atoms with E-state index in [9.17, 15) is 9.59 Å². The van der Waals surface area contributed by atoms with Gasteiger partial charge in [0.25, 0.3) is 11.8 Å². The number of benzene rings is 2. The number of aryl methyl sites for hydroxylation is 2. The minimum absolute atomic E-state index is 0.352. The highest BCUT2D eigenvalue weighted by Gasteiger charge is 2.11. The van der Waals surface area contributed by atoms with Gasteiger partial charge in [0, 0.05) is 23.0 Å². The Bertz CT molecular complexity index is 913. The van der Waals surface area contributed by atoms with Crippen molar-refractivity contribution in [2.75, 3.05) is 0 Å². The highest BCUT2D eigenvalue weighted by atomic mass is 16.2. The number of rotatable bonds is 3. The van der Waals surface area contributed by atoms with E-state index in [0.29, 0.717) is 11.1 Å². The van der Waals surface area contributed by atoms with E-state index in [1.165, 1.54) is 0 Å². The van der Waals surface area contributed by atoms with Gasteiger partial charge in [0.2, 0.25) is 0 Å². The molecule has 6 heteroatoms. The van der Waals surface area contributed by atoms with Gasteiger partial charge in [-0.25, -0.2) is 4.68 Å². The van der Waals surface area contributed by atoms with Crippen LogP contribution in [0, 0.1) is 13.8 Å². The van der Waals surface area contributed by atoms with Gasteiger partial charge in [0.1, 0.15) is 0 Å². The zero-order chi connectivity index (χ0) is 17.8. The maximum Gasteiger partial charge on any atom is 0.269 e. The molecular weight excluding hydrogens is 316 g/mol. The van der Waals surface area contributed by atoms with Gasteiger partial charge in [-0.2, -0.15) is 5.10 Å². The van der Waals surface area contributed by atoms with Crippen molar-refractivity contribution in [1.29, 1.82) is 0 Å². The van der Waals surface area contributed by atoms with E-state index >= 15 is 0 Å². The molecule has 0 bridgehead atoms. The highest BCUT2D eigenvalue weighted by molar-refractivity contribution is 5.99.